The summed E-state index contributed by atoms with van der Waals surface area (Å²) in [5.74, 6) is -0.146. The molecule has 5 heterocycles. The topological polar surface area (TPSA) is 119 Å². The van der Waals surface area contributed by atoms with E-state index in [4.69, 9.17) is 33.6 Å². The summed E-state index contributed by atoms with van der Waals surface area (Å²) >= 11 is 0. The second-order valence-corrected chi connectivity index (χ2v) is 22.8. The molecule has 12 nitrogen and oxygen atoms in total. The first-order valence-corrected chi connectivity index (χ1v) is 22.5. The zero-order chi connectivity index (χ0) is 40.4. The summed E-state index contributed by atoms with van der Waals surface area (Å²) in [5, 5.41) is 2.04. The second kappa shape index (κ2) is 14.4. The molecule has 3 atom stereocenters. The third-order valence-corrected chi connectivity index (χ3v) is 16.4. The molecule has 14 heteroatoms. The highest BCUT2D eigenvalue weighted by molar-refractivity contribution is 6.74. The number of amides is 1. The van der Waals surface area contributed by atoms with Crippen molar-refractivity contribution in [3.05, 3.63) is 48.4 Å². The first-order chi connectivity index (χ1) is 26.3. The maximum Gasteiger partial charge on any atom is 0.411 e. The molecule has 4 aromatic rings. The van der Waals surface area contributed by atoms with Gasteiger partial charge in [-0.25, -0.2) is 14.0 Å². The summed E-state index contributed by atoms with van der Waals surface area (Å²) < 4.78 is 41.6. The van der Waals surface area contributed by atoms with Gasteiger partial charge in [-0.05, 0) is 101 Å². The van der Waals surface area contributed by atoms with E-state index in [9.17, 15) is 9.59 Å². The van der Waals surface area contributed by atoms with Crippen LogP contribution >= 0.6 is 0 Å². The normalized spacial score (nSPS) is 21.8. The molecule has 0 saturated carbocycles. The Kier molecular flexibility index (Phi) is 10.2. The van der Waals surface area contributed by atoms with Crippen molar-refractivity contribution in [3.63, 3.8) is 0 Å². The number of likely N-dealkylation sites (tertiary alicyclic amines) is 1. The van der Waals surface area contributed by atoms with Crippen LogP contribution in [0.4, 0.5) is 15.0 Å². The predicted molar refractivity (Wildman–Crippen MR) is 217 cm³/mol. The van der Waals surface area contributed by atoms with Crippen molar-refractivity contribution in [2.45, 2.75) is 109 Å². The van der Waals surface area contributed by atoms with Gasteiger partial charge in [-0.1, -0.05) is 45.0 Å². The van der Waals surface area contributed by atoms with Gasteiger partial charge < -0.3 is 28.4 Å². The third-order valence-electron chi connectivity index (χ3n) is 12.0. The van der Waals surface area contributed by atoms with Crippen LogP contribution in [0.3, 0.4) is 0 Å². The number of hydrogen-bond acceptors (Lipinski definition) is 11. The molecule has 3 aliphatic rings. The van der Waals surface area contributed by atoms with Crippen molar-refractivity contribution in [1.29, 1.82) is 0 Å². The Bertz CT molecular complexity index is 2170. The maximum atomic E-state index is 17.4. The van der Waals surface area contributed by atoms with Crippen molar-refractivity contribution in [3.8, 4) is 23.0 Å². The summed E-state index contributed by atoms with van der Waals surface area (Å²) in [7, 11) is 1.13. The zero-order valence-electron chi connectivity index (χ0n) is 34.4. The highest BCUT2D eigenvalue weighted by Gasteiger charge is 2.60. The number of anilines is 1. The lowest BCUT2D eigenvalue weighted by molar-refractivity contribution is -0.154. The van der Waals surface area contributed by atoms with E-state index in [1.807, 2.05) is 41.3 Å². The summed E-state index contributed by atoms with van der Waals surface area (Å²) in [6, 6.07) is 11.5. The monoisotopic (exact) mass is 786 g/mol. The van der Waals surface area contributed by atoms with Crippen LogP contribution in [-0.4, -0.2) is 109 Å². The van der Waals surface area contributed by atoms with E-state index in [0.717, 1.165) is 30.2 Å². The Morgan fingerprint density at radius 2 is 1.79 bits per heavy atom. The van der Waals surface area contributed by atoms with Gasteiger partial charge in [0.15, 0.2) is 11.4 Å². The lowest BCUT2D eigenvalue weighted by atomic mass is 9.94. The summed E-state index contributed by atoms with van der Waals surface area (Å²) in [5.41, 5.74) is -1.36. The number of halogens is 1. The van der Waals surface area contributed by atoms with E-state index in [0.29, 0.717) is 48.5 Å². The number of benzene rings is 2. The van der Waals surface area contributed by atoms with Crippen molar-refractivity contribution in [2.75, 3.05) is 45.3 Å². The minimum Gasteiger partial charge on any atom is -0.543 e. The molecule has 7 rings (SSSR count). The van der Waals surface area contributed by atoms with Crippen molar-refractivity contribution in [2.24, 2.45) is 0 Å². The minimum absolute atomic E-state index is 0.0257. The SMILES string of the molecule is COC(=O)C12CCC(CN(c3nc(OCC4CCCN4C)nc4c(F)c(-c5cc(O[Si](C)(C)C(C)(C)C)cc6ccccc56)ncc34)C1)N2C(=O)OC(C)(C)C. The van der Waals surface area contributed by atoms with Gasteiger partial charge in [0.25, 0.3) is 0 Å². The molecular weight excluding hydrogens is 732 g/mol. The fourth-order valence-electron chi connectivity index (χ4n) is 8.08. The predicted octanol–water partition coefficient (Wildman–Crippen LogP) is 7.97. The Morgan fingerprint density at radius 3 is 2.46 bits per heavy atom. The Labute approximate surface area is 329 Å². The standard InChI is InChI=1S/C42H55FN6O6Si/c1-40(2,3)54-39(51)49-27-17-18-42(49,37(50)52-8)25-48(23-27)36-32-22-44-34(33(43)35(32)45-38(46-36)53-24-28-15-13-19-47(28)7)31-21-29(55-56(9,10)41(4,5)6)20-26-14-11-12-16-30(26)31/h11-12,14,16,20-22,27-28H,13,15,17-19,23-25H2,1-10H3. The smallest absolute Gasteiger partial charge is 0.411 e. The number of hydrogen-bond donors (Lipinski definition) is 0. The van der Waals surface area contributed by atoms with E-state index >= 15 is 4.39 Å². The molecule has 0 radical (unpaired) electrons. The van der Waals surface area contributed by atoms with Crippen molar-refractivity contribution in [1.82, 2.24) is 24.8 Å². The number of nitrogens with zero attached hydrogens (tertiary/aromatic N) is 6. The number of piperazine rings is 1. The first kappa shape index (κ1) is 39.7. The Hall–Kier alpha value is -4.56. The second-order valence-electron chi connectivity index (χ2n) is 18.1. The fourth-order valence-corrected chi connectivity index (χ4v) is 9.09. The molecule has 3 aliphatic heterocycles. The molecule has 0 spiro atoms. The maximum absolute atomic E-state index is 17.4. The number of rotatable bonds is 8. The van der Waals surface area contributed by atoms with Gasteiger partial charge >= 0.3 is 18.1 Å². The van der Waals surface area contributed by atoms with E-state index in [1.54, 1.807) is 27.0 Å². The van der Waals surface area contributed by atoms with Gasteiger partial charge in [0.1, 0.15) is 35.0 Å². The van der Waals surface area contributed by atoms with Crippen LogP contribution in [0.5, 0.6) is 11.8 Å². The van der Waals surface area contributed by atoms with Crippen molar-refractivity contribution < 1.29 is 32.6 Å². The van der Waals surface area contributed by atoms with Crippen LogP contribution < -0.4 is 14.1 Å². The molecule has 300 valence electrons. The number of esters is 1. The van der Waals surface area contributed by atoms with Crippen LogP contribution in [0, 0.1) is 5.82 Å². The average Bonchev–Trinajstić information content (AvgIpc) is 3.65. The van der Waals surface area contributed by atoms with E-state index < -0.39 is 43.4 Å². The largest absolute Gasteiger partial charge is 0.543 e. The lowest BCUT2D eigenvalue weighted by Crippen LogP contribution is -2.67. The molecule has 0 N–H and O–H groups in total. The highest BCUT2D eigenvalue weighted by atomic mass is 28.4. The van der Waals surface area contributed by atoms with Gasteiger partial charge in [-0.2, -0.15) is 9.97 Å². The van der Waals surface area contributed by atoms with Crippen LogP contribution in [0.15, 0.2) is 42.6 Å². The average molecular weight is 787 g/mol. The van der Waals surface area contributed by atoms with Gasteiger partial charge in [0.05, 0.1) is 25.1 Å². The quantitative estimate of drug-likeness (QED) is 0.128. The van der Waals surface area contributed by atoms with Crippen LogP contribution in [0.25, 0.3) is 32.9 Å². The first-order valence-electron chi connectivity index (χ1n) is 19.6. The number of likely N-dealkylation sites (N-methyl/N-ethyl adjacent to an activating group) is 1. The minimum atomic E-state index is -2.25. The van der Waals surface area contributed by atoms with Gasteiger partial charge in [-0.15, -0.1) is 0 Å². The number of ether oxygens (including phenoxy) is 3. The molecular formula is C42H55FN6O6Si. The van der Waals surface area contributed by atoms with Crippen LogP contribution in [-0.2, 0) is 14.3 Å². The molecule has 56 heavy (non-hydrogen) atoms. The third kappa shape index (κ3) is 7.26. The molecule has 3 fully saturated rings. The van der Waals surface area contributed by atoms with Gasteiger partial charge in [-0.3, -0.25) is 9.88 Å². The molecule has 2 aromatic carbocycles. The van der Waals surface area contributed by atoms with Crippen LogP contribution in [0.1, 0.15) is 67.2 Å². The number of carbonyl (C=O) groups is 2. The van der Waals surface area contributed by atoms with E-state index in [2.05, 4.69) is 45.8 Å². The van der Waals surface area contributed by atoms with Crippen molar-refractivity contribution >= 4 is 47.9 Å². The number of pyridine rings is 1. The van der Waals surface area contributed by atoms with Gasteiger partial charge in [0.2, 0.25) is 8.32 Å². The fraction of sp³-hybridized carbons (Fsp3) is 0.548. The van der Waals surface area contributed by atoms with Gasteiger partial charge in [0, 0.05) is 24.3 Å². The summed E-state index contributed by atoms with van der Waals surface area (Å²) in [6.45, 7) is 18.0. The number of carbonyl (C=O) groups excluding carboxylic acids is 2. The molecule has 0 aliphatic carbocycles. The Morgan fingerprint density at radius 1 is 1.04 bits per heavy atom. The van der Waals surface area contributed by atoms with E-state index in [1.165, 1.54) is 12.0 Å². The highest BCUT2D eigenvalue weighted by Crippen LogP contribution is 2.45. The molecule has 3 unspecified atom stereocenters. The summed E-state index contributed by atoms with van der Waals surface area (Å²) in [6.07, 6.45) is 3.96. The lowest BCUT2D eigenvalue weighted by Gasteiger charge is -2.47. The number of methoxy groups -OCH3 is 1. The Balaban J connectivity index is 1.36. The van der Waals surface area contributed by atoms with E-state index in [-0.39, 0.29) is 34.8 Å². The number of fused-ring (bicyclic) bond motifs is 4. The molecule has 1 amide bonds. The number of aromatic nitrogens is 3. The molecule has 3 saturated heterocycles. The molecule has 2 aromatic heterocycles. The molecule has 2 bridgehead atoms. The van der Waals surface area contributed by atoms with Crippen LogP contribution in [0.2, 0.25) is 18.1 Å². The zero-order valence-corrected chi connectivity index (χ0v) is 35.4. The summed E-state index contributed by atoms with van der Waals surface area (Å²) in [4.78, 5) is 47.4.